The first kappa shape index (κ1) is 15.2. The van der Waals surface area contributed by atoms with Gasteiger partial charge in [0.05, 0.1) is 5.38 Å². The summed E-state index contributed by atoms with van der Waals surface area (Å²) in [7, 11) is 0. The Morgan fingerprint density at radius 3 is 2.44 bits per heavy atom. The predicted molar refractivity (Wildman–Crippen MR) is 78.3 cm³/mol. The summed E-state index contributed by atoms with van der Waals surface area (Å²) in [5.41, 5.74) is 1.07. The third-order valence-corrected chi connectivity index (χ3v) is 3.80. The summed E-state index contributed by atoms with van der Waals surface area (Å²) in [5, 5.41) is 3.48. The van der Waals surface area contributed by atoms with Crippen LogP contribution in [0.5, 0.6) is 0 Å². The van der Waals surface area contributed by atoms with Crippen molar-refractivity contribution in [1.82, 2.24) is 9.97 Å². The van der Waals surface area contributed by atoms with Gasteiger partial charge in [-0.15, -0.1) is 11.6 Å². The van der Waals surface area contributed by atoms with Crippen molar-refractivity contribution in [3.63, 3.8) is 0 Å². The number of anilines is 1. The minimum atomic E-state index is 0.153. The van der Waals surface area contributed by atoms with Crippen LogP contribution < -0.4 is 5.32 Å². The average Bonchev–Trinajstić information content (AvgIpc) is 2.37. The van der Waals surface area contributed by atoms with E-state index >= 15 is 0 Å². The van der Waals surface area contributed by atoms with Crippen LogP contribution >= 0.6 is 11.6 Å². The summed E-state index contributed by atoms with van der Waals surface area (Å²) in [6, 6.07) is 2.00. The number of aryl methyl sites for hydroxylation is 2. The highest BCUT2D eigenvalue weighted by Gasteiger charge is 2.15. The Balaban J connectivity index is 2.60. The lowest BCUT2D eigenvalue weighted by molar-refractivity contribution is 0.475. The van der Waals surface area contributed by atoms with Gasteiger partial charge in [0.1, 0.15) is 11.6 Å². The van der Waals surface area contributed by atoms with Crippen molar-refractivity contribution in [2.24, 2.45) is 5.92 Å². The number of nitrogens with zero attached hydrogens (tertiary/aromatic N) is 2. The Morgan fingerprint density at radius 2 is 1.89 bits per heavy atom. The van der Waals surface area contributed by atoms with E-state index in [4.69, 9.17) is 11.6 Å². The van der Waals surface area contributed by atoms with Crippen LogP contribution in [-0.2, 0) is 6.42 Å². The molecule has 1 rings (SSSR count). The second kappa shape index (κ2) is 7.57. The maximum absolute atomic E-state index is 6.40. The minimum absolute atomic E-state index is 0.153. The fourth-order valence-corrected chi connectivity index (χ4v) is 2.50. The van der Waals surface area contributed by atoms with Gasteiger partial charge >= 0.3 is 0 Å². The predicted octanol–water partition coefficient (Wildman–Crippen LogP) is 3.80. The second-order valence-corrected chi connectivity index (χ2v) is 5.18. The number of nitrogens with one attached hydrogen (secondary N) is 1. The van der Waals surface area contributed by atoms with E-state index in [1.165, 1.54) is 0 Å². The Morgan fingerprint density at radius 1 is 1.22 bits per heavy atom. The molecule has 1 aromatic heterocycles. The molecule has 4 heteroatoms. The highest BCUT2D eigenvalue weighted by Crippen LogP contribution is 2.19. The standard InChI is InChI=1S/C14H24ClN3/c1-5-11(6-2)13(15)9-16-14-8-12(7-3)17-10(4)18-14/h8,11,13H,5-7,9H2,1-4H3,(H,16,17,18). The normalized spacial score (nSPS) is 12.8. The number of hydrogen-bond donors (Lipinski definition) is 1. The zero-order chi connectivity index (χ0) is 13.5. The van der Waals surface area contributed by atoms with Gasteiger partial charge < -0.3 is 5.32 Å². The monoisotopic (exact) mass is 269 g/mol. The fourth-order valence-electron chi connectivity index (χ4n) is 2.07. The fraction of sp³-hybridized carbons (Fsp3) is 0.714. The topological polar surface area (TPSA) is 37.8 Å². The lowest BCUT2D eigenvalue weighted by atomic mass is 9.99. The number of aromatic nitrogens is 2. The summed E-state index contributed by atoms with van der Waals surface area (Å²) in [5.74, 6) is 2.26. The van der Waals surface area contributed by atoms with Crippen LogP contribution in [0.2, 0.25) is 0 Å². The Hall–Kier alpha value is -0.830. The smallest absolute Gasteiger partial charge is 0.129 e. The van der Waals surface area contributed by atoms with Crippen molar-refractivity contribution in [2.45, 2.75) is 52.3 Å². The minimum Gasteiger partial charge on any atom is -0.368 e. The molecular formula is C14H24ClN3. The zero-order valence-corrected chi connectivity index (χ0v) is 12.6. The van der Waals surface area contributed by atoms with Crippen molar-refractivity contribution in [3.05, 3.63) is 17.6 Å². The van der Waals surface area contributed by atoms with Crippen molar-refractivity contribution in [1.29, 1.82) is 0 Å². The van der Waals surface area contributed by atoms with E-state index in [0.29, 0.717) is 5.92 Å². The van der Waals surface area contributed by atoms with Crippen LogP contribution in [0.4, 0.5) is 5.82 Å². The van der Waals surface area contributed by atoms with Gasteiger partial charge in [0.15, 0.2) is 0 Å². The number of alkyl halides is 1. The molecule has 1 N–H and O–H groups in total. The quantitative estimate of drug-likeness (QED) is 0.765. The molecule has 0 fully saturated rings. The van der Waals surface area contributed by atoms with Gasteiger partial charge in [0.25, 0.3) is 0 Å². The average molecular weight is 270 g/mol. The Kier molecular flexibility index (Phi) is 6.41. The summed E-state index contributed by atoms with van der Waals surface area (Å²) in [4.78, 5) is 8.75. The molecule has 1 aromatic rings. The van der Waals surface area contributed by atoms with E-state index in [1.807, 2.05) is 13.0 Å². The summed E-state index contributed by atoms with van der Waals surface area (Å²) < 4.78 is 0. The van der Waals surface area contributed by atoms with Crippen LogP contribution in [0.3, 0.4) is 0 Å². The maximum atomic E-state index is 6.40. The van der Waals surface area contributed by atoms with Crippen molar-refractivity contribution in [2.75, 3.05) is 11.9 Å². The van der Waals surface area contributed by atoms with Crippen LogP contribution in [0, 0.1) is 12.8 Å². The van der Waals surface area contributed by atoms with Crippen LogP contribution in [0.1, 0.15) is 45.1 Å². The molecule has 0 radical (unpaired) electrons. The highest BCUT2D eigenvalue weighted by molar-refractivity contribution is 6.21. The molecule has 0 aliphatic rings. The van der Waals surface area contributed by atoms with E-state index < -0.39 is 0 Å². The molecule has 18 heavy (non-hydrogen) atoms. The molecule has 1 atom stereocenters. The number of rotatable bonds is 7. The molecule has 0 saturated heterocycles. The van der Waals surface area contributed by atoms with Crippen LogP contribution in [0.25, 0.3) is 0 Å². The molecule has 0 amide bonds. The second-order valence-electron chi connectivity index (χ2n) is 4.62. The molecule has 1 unspecified atom stereocenters. The zero-order valence-electron chi connectivity index (χ0n) is 11.8. The molecule has 102 valence electrons. The first-order valence-corrected chi connectivity index (χ1v) is 7.26. The van der Waals surface area contributed by atoms with Gasteiger partial charge in [0, 0.05) is 18.3 Å². The Labute approximate surface area is 115 Å². The molecule has 0 aromatic carbocycles. The van der Waals surface area contributed by atoms with Gasteiger partial charge in [-0.1, -0.05) is 33.6 Å². The van der Waals surface area contributed by atoms with Crippen molar-refractivity contribution in [3.8, 4) is 0 Å². The number of halogens is 1. The maximum Gasteiger partial charge on any atom is 0.129 e. The lowest BCUT2D eigenvalue weighted by Crippen LogP contribution is -2.23. The van der Waals surface area contributed by atoms with E-state index in [1.54, 1.807) is 0 Å². The highest BCUT2D eigenvalue weighted by atomic mass is 35.5. The van der Waals surface area contributed by atoms with Crippen molar-refractivity contribution >= 4 is 17.4 Å². The van der Waals surface area contributed by atoms with Gasteiger partial charge in [-0.3, -0.25) is 0 Å². The van der Waals surface area contributed by atoms with Crippen LogP contribution in [0.15, 0.2) is 6.07 Å². The molecule has 0 bridgehead atoms. The molecule has 0 aliphatic carbocycles. The first-order chi connectivity index (χ1) is 8.60. The third kappa shape index (κ3) is 4.45. The van der Waals surface area contributed by atoms with Gasteiger partial charge in [-0.05, 0) is 19.3 Å². The summed E-state index contributed by atoms with van der Waals surface area (Å²) in [6.45, 7) is 9.15. The first-order valence-electron chi connectivity index (χ1n) is 6.83. The van der Waals surface area contributed by atoms with Gasteiger partial charge in [-0.2, -0.15) is 0 Å². The van der Waals surface area contributed by atoms with E-state index in [0.717, 1.165) is 43.1 Å². The van der Waals surface area contributed by atoms with Gasteiger partial charge in [0.2, 0.25) is 0 Å². The lowest BCUT2D eigenvalue weighted by Gasteiger charge is -2.20. The van der Waals surface area contributed by atoms with E-state index in [9.17, 15) is 0 Å². The molecule has 1 heterocycles. The van der Waals surface area contributed by atoms with Gasteiger partial charge in [-0.25, -0.2) is 9.97 Å². The summed E-state index contributed by atoms with van der Waals surface area (Å²) >= 11 is 6.40. The third-order valence-electron chi connectivity index (χ3n) is 3.29. The molecule has 0 saturated carbocycles. The summed E-state index contributed by atoms with van der Waals surface area (Å²) in [6.07, 6.45) is 3.17. The SMILES string of the molecule is CCc1cc(NCC(Cl)C(CC)CC)nc(C)n1. The molecular weight excluding hydrogens is 246 g/mol. The molecule has 0 spiro atoms. The number of hydrogen-bond acceptors (Lipinski definition) is 3. The Bertz CT molecular complexity index is 364. The largest absolute Gasteiger partial charge is 0.368 e. The molecule has 0 aliphatic heterocycles. The van der Waals surface area contributed by atoms with Crippen molar-refractivity contribution < 1.29 is 0 Å². The van der Waals surface area contributed by atoms with E-state index in [-0.39, 0.29) is 5.38 Å². The molecule has 3 nitrogen and oxygen atoms in total. The van der Waals surface area contributed by atoms with Crippen LogP contribution in [-0.4, -0.2) is 21.9 Å². The van der Waals surface area contributed by atoms with E-state index in [2.05, 4.69) is 36.1 Å².